The van der Waals surface area contributed by atoms with Crippen molar-refractivity contribution in [3.63, 3.8) is 0 Å². The van der Waals surface area contributed by atoms with Gasteiger partial charge < -0.3 is 72.9 Å². The largest absolute Gasteiger partial charge is 0.493 e. The average Bonchev–Trinajstić information content (AvgIpc) is 3.77. The molecular formula is C35H38O17. The number of benzene rings is 3. The summed E-state index contributed by atoms with van der Waals surface area (Å²) in [5.74, 6) is 0.373. The smallest absolute Gasteiger partial charge is 0.339 e. The number of carbonyl (C=O) groups excluding carboxylic acids is 2. The Balaban J connectivity index is 1.30. The first-order valence-electron chi connectivity index (χ1n) is 16.4. The standard InChI is InChI=1S/C35H38O17/c1-13-30(51-34-28(40)27(39)26(38)23(10-36)50-34)32(49-14(2)37)29(41)35(48-13)52-31-17-9-21(44-4)20(43-3)8-16(17)24(25-18(31)11-45-33(25)42)15-5-6-19-22(7-15)47-12-46-19/h5-9,13,23,26-30,32,34-36,38-41H,10-12H2,1-4H3. The number of rotatable bonds is 9. The van der Waals surface area contributed by atoms with Crippen LogP contribution in [0, 0.1) is 0 Å². The van der Waals surface area contributed by atoms with Gasteiger partial charge in [-0.2, -0.15) is 0 Å². The van der Waals surface area contributed by atoms with Crippen LogP contribution in [0.15, 0.2) is 30.3 Å². The molecule has 0 radical (unpaired) electrons. The van der Waals surface area contributed by atoms with E-state index in [4.69, 9.17) is 47.4 Å². The molecule has 280 valence electrons. The van der Waals surface area contributed by atoms with Crippen molar-refractivity contribution in [1.29, 1.82) is 0 Å². The molecule has 17 nitrogen and oxygen atoms in total. The molecule has 52 heavy (non-hydrogen) atoms. The first-order chi connectivity index (χ1) is 24.9. The number of hydrogen-bond donors (Lipinski definition) is 5. The SMILES string of the molecule is COc1cc2c(OC3OC(C)C(OC4OC(CO)C(O)C(O)C4O)C(OC(C)=O)C3O)c3c(c(-c4ccc5c(c4)OCO5)c2cc1OC)C(=O)OC3. The maximum atomic E-state index is 13.5. The van der Waals surface area contributed by atoms with Crippen molar-refractivity contribution in [1.82, 2.24) is 0 Å². The Morgan fingerprint density at radius 3 is 2.23 bits per heavy atom. The molecule has 17 heteroatoms. The number of hydrogen-bond acceptors (Lipinski definition) is 17. The first-order valence-corrected chi connectivity index (χ1v) is 16.4. The molecule has 5 N–H and O–H groups in total. The number of fused-ring (bicyclic) bond motifs is 3. The van der Waals surface area contributed by atoms with Crippen LogP contribution in [-0.2, 0) is 35.1 Å². The Labute approximate surface area is 296 Å². The molecule has 10 atom stereocenters. The molecule has 0 aromatic heterocycles. The summed E-state index contributed by atoms with van der Waals surface area (Å²) in [6, 6.07) is 8.58. The summed E-state index contributed by atoms with van der Waals surface area (Å²) in [7, 11) is 2.92. The van der Waals surface area contributed by atoms with Crippen molar-refractivity contribution in [3.8, 4) is 39.9 Å². The lowest BCUT2D eigenvalue weighted by molar-refractivity contribution is -0.349. The molecule has 10 unspecified atom stereocenters. The van der Waals surface area contributed by atoms with Crippen LogP contribution in [0.2, 0.25) is 0 Å². The lowest BCUT2D eigenvalue weighted by atomic mass is 9.89. The fourth-order valence-corrected chi connectivity index (χ4v) is 6.95. The molecule has 0 saturated carbocycles. The third-order valence-corrected chi connectivity index (χ3v) is 9.50. The minimum atomic E-state index is -1.78. The predicted molar refractivity (Wildman–Crippen MR) is 173 cm³/mol. The van der Waals surface area contributed by atoms with Crippen molar-refractivity contribution < 1.29 is 82.5 Å². The van der Waals surface area contributed by atoms with Gasteiger partial charge >= 0.3 is 11.9 Å². The normalized spacial score (nSPS) is 30.8. The number of methoxy groups -OCH3 is 2. The summed E-state index contributed by atoms with van der Waals surface area (Å²) in [6.45, 7) is 1.79. The maximum Gasteiger partial charge on any atom is 0.339 e. The minimum absolute atomic E-state index is 0.0440. The number of cyclic esters (lactones) is 1. The fourth-order valence-electron chi connectivity index (χ4n) is 6.95. The van der Waals surface area contributed by atoms with E-state index in [0.717, 1.165) is 6.92 Å². The van der Waals surface area contributed by atoms with Crippen LogP contribution in [0.5, 0.6) is 28.7 Å². The van der Waals surface area contributed by atoms with Gasteiger partial charge in [-0.3, -0.25) is 4.79 Å². The second kappa shape index (κ2) is 14.2. The van der Waals surface area contributed by atoms with Crippen LogP contribution < -0.4 is 23.7 Å². The van der Waals surface area contributed by atoms with Gasteiger partial charge in [0.1, 0.15) is 42.9 Å². The minimum Gasteiger partial charge on any atom is -0.493 e. The molecule has 3 aromatic rings. The Morgan fingerprint density at radius 1 is 0.827 bits per heavy atom. The van der Waals surface area contributed by atoms with Gasteiger partial charge in [-0.05, 0) is 42.1 Å². The second-order valence-electron chi connectivity index (χ2n) is 12.6. The third kappa shape index (κ3) is 6.12. The summed E-state index contributed by atoms with van der Waals surface area (Å²) in [5, 5.41) is 53.3. The molecule has 4 heterocycles. The van der Waals surface area contributed by atoms with Gasteiger partial charge in [0, 0.05) is 23.4 Å². The van der Waals surface area contributed by atoms with Gasteiger partial charge in [0.2, 0.25) is 13.1 Å². The zero-order valence-corrected chi connectivity index (χ0v) is 28.4. The zero-order valence-electron chi connectivity index (χ0n) is 28.4. The van der Waals surface area contributed by atoms with Gasteiger partial charge in [-0.1, -0.05) is 6.07 Å². The molecule has 3 aromatic carbocycles. The lowest BCUT2D eigenvalue weighted by Crippen LogP contribution is -2.64. The van der Waals surface area contributed by atoms with Crippen molar-refractivity contribution >= 4 is 22.7 Å². The highest BCUT2D eigenvalue weighted by Crippen LogP contribution is 2.50. The van der Waals surface area contributed by atoms with E-state index in [1.807, 2.05) is 0 Å². The molecule has 2 saturated heterocycles. The van der Waals surface area contributed by atoms with Crippen molar-refractivity contribution in [2.24, 2.45) is 0 Å². The molecule has 7 rings (SSSR count). The summed E-state index contributed by atoms with van der Waals surface area (Å²) in [5.41, 5.74) is 1.62. The highest BCUT2D eigenvalue weighted by molar-refractivity contribution is 6.14. The highest BCUT2D eigenvalue weighted by Gasteiger charge is 2.52. The second-order valence-corrected chi connectivity index (χ2v) is 12.6. The van der Waals surface area contributed by atoms with Crippen LogP contribution in [0.4, 0.5) is 0 Å². The molecule has 0 aliphatic carbocycles. The van der Waals surface area contributed by atoms with Crippen molar-refractivity contribution in [2.75, 3.05) is 27.6 Å². The summed E-state index contributed by atoms with van der Waals surface area (Å²) in [6.07, 6.45) is -15.2. The van der Waals surface area contributed by atoms with E-state index in [-0.39, 0.29) is 24.7 Å². The molecule has 0 bridgehead atoms. The van der Waals surface area contributed by atoms with E-state index in [0.29, 0.717) is 50.5 Å². The lowest BCUT2D eigenvalue weighted by Gasteiger charge is -2.46. The number of esters is 2. The van der Waals surface area contributed by atoms with Crippen LogP contribution in [0.1, 0.15) is 29.8 Å². The predicted octanol–water partition coefficient (Wildman–Crippen LogP) is 0.524. The van der Waals surface area contributed by atoms with Crippen LogP contribution in [0.25, 0.3) is 21.9 Å². The van der Waals surface area contributed by atoms with Crippen LogP contribution in [0.3, 0.4) is 0 Å². The quantitative estimate of drug-likeness (QED) is 0.189. The topological polar surface area (TPSA) is 228 Å². The number of ether oxygens (including phenoxy) is 10. The molecule has 0 spiro atoms. The maximum absolute atomic E-state index is 13.5. The summed E-state index contributed by atoms with van der Waals surface area (Å²) >= 11 is 0. The van der Waals surface area contributed by atoms with E-state index in [9.17, 15) is 35.1 Å². The Kier molecular flexibility index (Phi) is 9.79. The summed E-state index contributed by atoms with van der Waals surface area (Å²) in [4.78, 5) is 25.8. The van der Waals surface area contributed by atoms with Gasteiger partial charge in [0.05, 0.1) is 32.5 Å². The van der Waals surface area contributed by atoms with E-state index in [1.54, 1.807) is 30.3 Å². The Morgan fingerprint density at radius 2 is 1.54 bits per heavy atom. The molecule has 0 amide bonds. The van der Waals surface area contributed by atoms with Gasteiger partial charge in [0.25, 0.3) is 0 Å². The Hall–Kier alpha value is -4.46. The van der Waals surface area contributed by atoms with Crippen LogP contribution >= 0.6 is 0 Å². The van der Waals surface area contributed by atoms with Gasteiger partial charge in [0.15, 0.2) is 41.5 Å². The summed E-state index contributed by atoms with van der Waals surface area (Å²) < 4.78 is 57.3. The monoisotopic (exact) mass is 730 g/mol. The van der Waals surface area contributed by atoms with Gasteiger partial charge in [-0.15, -0.1) is 0 Å². The number of carbonyl (C=O) groups is 2. The first kappa shape index (κ1) is 35.9. The van der Waals surface area contributed by atoms with Crippen LogP contribution in [-0.4, -0.2) is 127 Å². The number of aliphatic hydroxyl groups is 5. The molecule has 2 fully saturated rings. The van der Waals surface area contributed by atoms with Crippen molar-refractivity contribution in [3.05, 3.63) is 41.5 Å². The zero-order chi connectivity index (χ0) is 37.0. The van der Waals surface area contributed by atoms with E-state index in [2.05, 4.69) is 0 Å². The van der Waals surface area contributed by atoms with Gasteiger partial charge in [-0.25, -0.2) is 4.79 Å². The van der Waals surface area contributed by atoms with E-state index < -0.39 is 80.0 Å². The molecule has 4 aliphatic heterocycles. The average molecular weight is 731 g/mol. The number of aliphatic hydroxyl groups excluding tert-OH is 5. The molecular weight excluding hydrogens is 692 g/mol. The fraction of sp³-hybridized carbons (Fsp3) is 0.486. The highest BCUT2D eigenvalue weighted by atomic mass is 16.7. The third-order valence-electron chi connectivity index (χ3n) is 9.50. The van der Waals surface area contributed by atoms with E-state index in [1.165, 1.54) is 21.1 Å². The van der Waals surface area contributed by atoms with E-state index >= 15 is 0 Å². The Bertz CT molecular complexity index is 1860. The molecule has 4 aliphatic rings. The van der Waals surface area contributed by atoms with Crippen molar-refractivity contribution in [2.45, 2.75) is 81.9 Å².